The van der Waals surface area contributed by atoms with Crippen LogP contribution in [0.5, 0.6) is 0 Å². The molecule has 1 aromatic carbocycles. The zero-order valence-electron chi connectivity index (χ0n) is 11.2. The first-order valence-corrected chi connectivity index (χ1v) is 8.26. The number of aliphatic hydroxyl groups excluding tert-OH is 1. The van der Waals surface area contributed by atoms with Crippen molar-refractivity contribution < 1.29 is 13.5 Å². The highest BCUT2D eigenvalue weighted by molar-refractivity contribution is 7.89. The summed E-state index contributed by atoms with van der Waals surface area (Å²) in [6.07, 6.45) is 4.07. The van der Waals surface area contributed by atoms with E-state index in [1.54, 1.807) is 28.6 Å². The highest BCUT2D eigenvalue weighted by atomic mass is 32.2. The van der Waals surface area contributed by atoms with Gasteiger partial charge in [0.15, 0.2) is 0 Å². The summed E-state index contributed by atoms with van der Waals surface area (Å²) in [6.45, 7) is 2.10. The molecule has 1 saturated carbocycles. The Morgan fingerprint density at radius 1 is 1.26 bits per heavy atom. The number of nitrogens with zero attached hydrogens (tertiary/aromatic N) is 1. The molecule has 0 radical (unpaired) electrons. The smallest absolute Gasteiger partial charge is 0.243 e. The fourth-order valence-electron chi connectivity index (χ4n) is 2.83. The average Bonchev–Trinajstić information content (AvgIpc) is 2.93. The standard InChI is InChI=1S/C14H21NO3S/c1-2-15(13-8-4-5-9-13)19(17,18)14-10-6-3-7-12(14)11-16/h3,6-7,10,13,16H,2,4-5,8-9,11H2,1H3. The first kappa shape index (κ1) is 14.5. The summed E-state index contributed by atoms with van der Waals surface area (Å²) in [5.74, 6) is 0. The van der Waals surface area contributed by atoms with Gasteiger partial charge in [0.2, 0.25) is 10.0 Å². The van der Waals surface area contributed by atoms with Gasteiger partial charge in [0.25, 0.3) is 0 Å². The Balaban J connectivity index is 2.39. The predicted molar refractivity (Wildman–Crippen MR) is 74.2 cm³/mol. The molecule has 1 aliphatic rings. The first-order chi connectivity index (χ1) is 9.11. The van der Waals surface area contributed by atoms with E-state index in [-0.39, 0.29) is 17.5 Å². The van der Waals surface area contributed by atoms with Gasteiger partial charge in [-0.3, -0.25) is 0 Å². The molecule has 0 bridgehead atoms. The number of rotatable bonds is 5. The van der Waals surface area contributed by atoms with Gasteiger partial charge in [-0.15, -0.1) is 0 Å². The molecule has 0 heterocycles. The normalized spacial score (nSPS) is 17.2. The lowest BCUT2D eigenvalue weighted by Crippen LogP contribution is -2.39. The maximum atomic E-state index is 12.7. The van der Waals surface area contributed by atoms with E-state index >= 15 is 0 Å². The average molecular weight is 283 g/mol. The van der Waals surface area contributed by atoms with Crippen LogP contribution in [0.1, 0.15) is 38.2 Å². The monoisotopic (exact) mass is 283 g/mol. The summed E-state index contributed by atoms with van der Waals surface area (Å²) in [4.78, 5) is 0.242. The Bertz CT molecular complexity index is 521. The minimum absolute atomic E-state index is 0.113. The topological polar surface area (TPSA) is 57.6 Å². The van der Waals surface area contributed by atoms with E-state index in [2.05, 4.69) is 0 Å². The second-order valence-electron chi connectivity index (χ2n) is 4.91. The molecule has 4 nitrogen and oxygen atoms in total. The zero-order valence-corrected chi connectivity index (χ0v) is 12.1. The van der Waals surface area contributed by atoms with Crippen LogP contribution in [0.25, 0.3) is 0 Å². The van der Waals surface area contributed by atoms with Gasteiger partial charge in [0.05, 0.1) is 11.5 Å². The molecule has 106 valence electrons. The van der Waals surface area contributed by atoms with Crippen LogP contribution in [0, 0.1) is 0 Å². The lowest BCUT2D eigenvalue weighted by molar-refractivity contribution is 0.277. The number of sulfonamides is 1. The van der Waals surface area contributed by atoms with E-state index < -0.39 is 10.0 Å². The SMILES string of the molecule is CCN(C1CCCC1)S(=O)(=O)c1ccccc1CO. The lowest BCUT2D eigenvalue weighted by Gasteiger charge is -2.27. The zero-order chi connectivity index (χ0) is 13.9. The van der Waals surface area contributed by atoms with Crippen LogP contribution < -0.4 is 0 Å². The fourth-order valence-corrected chi connectivity index (χ4v) is 4.74. The number of aliphatic hydroxyl groups is 1. The van der Waals surface area contributed by atoms with E-state index in [0.29, 0.717) is 12.1 Å². The highest BCUT2D eigenvalue weighted by Gasteiger charge is 2.32. The van der Waals surface area contributed by atoms with E-state index in [4.69, 9.17) is 0 Å². The summed E-state index contributed by atoms with van der Waals surface area (Å²) in [5, 5.41) is 9.32. The van der Waals surface area contributed by atoms with Gasteiger partial charge in [-0.2, -0.15) is 4.31 Å². The molecule has 1 aliphatic carbocycles. The molecule has 0 saturated heterocycles. The summed E-state index contributed by atoms with van der Waals surface area (Å²) in [6, 6.07) is 6.81. The van der Waals surface area contributed by atoms with Gasteiger partial charge in [0.1, 0.15) is 0 Å². The Hall–Kier alpha value is -0.910. The van der Waals surface area contributed by atoms with Gasteiger partial charge in [-0.05, 0) is 24.5 Å². The van der Waals surface area contributed by atoms with E-state index in [9.17, 15) is 13.5 Å². The van der Waals surface area contributed by atoms with Gasteiger partial charge in [-0.25, -0.2) is 8.42 Å². The maximum absolute atomic E-state index is 12.7. The van der Waals surface area contributed by atoms with Crippen LogP contribution in [0.4, 0.5) is 0 Å². The Kier molecular flexibility index (Phi) is 4.60. The van der Waals surface area contributed by atoms with Gasteiger partial charge >= 0.3 is 0 Å². The lowest BCUT2D eigenvalue weighted by atomic mass is 10.2. The molecule has 19 heavy (non-hydrogen) atoms. The molecular formula is C14H21NO3S. The Morgan fingerprint density at radius 2 is 1.89 bits per heavy atom. The van der Waals surface area contributed by atoms with Crippen LogP contribution in [0.2, 0.25) is 0 Å². The van der Waals surface area contributed by atoms with Crippen LogP contribution in [-0.2, 0) is 16.6 Å². The molecule has 2 rings (SSSR count). The van der Waals surface area contributed by atoms with Crippen molar-refractivity contribution in [1.82, 2.24) is 4.31 Å². The number of hydrogen-bond acceptors (Lipinski definition) is 3. The van der Waals surface area contributed by atoms with Crippen molar-refractivity contribution in [3.05, 3.63) is 29.8 Å². The molecule has 1 fully saturated rings. The van der Waals surface area contributed by atoms with E-state index in [0.717, 1.165) is 25.7 Å². The minimum Gasteiger partial charge on any atom is -0.392 e. The second kappa shape index (κ2) is 6.03. The van der Waals surface area contributed by atoms with Gasteiger partial charge in [0, 0.05) is 12.6 Å². The molecular weight excluding hydrogens is 262 g/mol. The Labute approximate surface area is 115 Å². The number of benzene rings is 1. The molecule has 0 aromatic heterocycles. The van der Waals surface area contributed by atoms with E-state index in [1.165, 1.54) is 0 Å². The summed E-state index contributed by atoms with van der Waals surface area (Å²) < 4.78 is 27.1. The van der Waals surface area contributed by atoms with Gasteiger partial charge in [-0.1, -0.05) is 38.0 Å². The maximum Gasteiger partial charge on any atom is 0.243 e. The van der Waals surface area contributed by atoms with Crippen molar-refractivity contribution in [3.8, 4) is 0 Å². The van der Waals surface area contributed by atoms with Gasteiger partial charge < -0.3 is 5.11 Å². The van der Waals surface area contributed by atoms with Crippen molar-refractivity contribution in [3.63, 3.8) is 0 Å². The summed E-state index contributed by atoms with van der Waals surface area (Å²) >= 11 is 0. The third kappa shape index (κ3) is 2.83. The molecule has 0 aliphatic heterocycles. The molecule has 0 unspecified atom stereocenters. The minimum atomic E-state index is -3.50. The quantitative estimate of drug-likeness (QED) is 0.900. The Morgan fingerprint density at radius 3 is 2.47 bits per heavy atom. The van der Waals surface area contributed by atoms with Crippen LogP contribution in [0.15, 0.2) is 29.2 Å². The predicted octanol–water partition coefficient (Wildman–Crippen LogP) is 2.13. The third-order valence-electron chi connectivity index (χ3n) is 3.77. The largest absolute Gasteiger partial charge is 0.392 e. The van der Waals surface area contributed by atoms with Crippen molar-refractivity contribution >= 4 is 10.0 Å². The van der Waals surface area contributed by atoms with E-state index in [1.807, 2.05) is 6.92 Å². The van der Waals surface area contributed by atoms with Crippen LogP contribution >= 0.6 is 0 Å². The summed E-state index contributed by atoms with van der Waals surface area (Å²) in [7, 11) is -3.50. The summed E-state index contributed by atoms with van der Waals surface area (Å²) in [5.41, 5.74) is 0.471. The molecule has 0 spiro atoms. The van der Waals surface area contributed by atoms with Crippen molar-refractivity contribution in [2.45, 2.75) is 50.2 Å². The highest BCUT2D eigenvalue weighted by Crippen LogP contribution is 2.29. The number of hydrogen-bond donors (Lipinski definition) is 1. The second-order valence-corrected chi connectivity index (χ2v) is 6.77. The molecule has 0 amide bonds. The van der Waals surface area contributed by atoms with Crippen molar-refractivity contribution in [2.24, 2.45) is 0 Å². The first-order valence-electron chi connectivity index (χ1n) is 6.82. The third-order valence-corrected chi connectivity index (χ3v) is 5.90. The molecule has 0 atom stereocenters. The van der Waals surface area contributed by atoms with Crippen molar-refractivity contribution in [1.29, 1.82) is 0 Å². The van der Waals surface area contributed by atoms with Crippen molar-refractivity contribution in [2.75, 3.05) is 6.54 Å². The van der Waals surface area contributed by atoms with Crippen LogP contribution in [0.3, 0.4) is 0 Å². The molecule has 1 aromatic rings. The van der Waals surface area contributed by atoms with Crippen LogP contribution in [-0.4, -0.2) is 30.4 Å². The fraction of sp³-hybridized carbons (Fsp3) is 0.571. The molecule has 1 N–H and O–H groups in total. The molecule has 5 heteroatoms.